The van der Waals surface area contributed by atoms with E-state index in [4.69, 9.17) is 0 Å². The van der Waals surface area contributed by atoms with Gasteiger partial charge in [0.2, 0.25) is 0 Å². The van der Waals surface area contributed by atoms with Gasteiger partial charge in [-0.05, 0) is 13.3 Å². The van der Waals surface area contributed by atoms with E-state index in [1.165, 1.54) is 0 Å². The second kappa shape index (κ2) is 6.17. The van der Waals surface area contributed by atoms with E-state index in [2.05, 4.69) is 0 Å². The Bertz CT molecular complexity index is 155. The molecule has 0 aliphatic heterocycles. The monoisotopic (exact) mass is 242 g/mol. The molecule has 0 bridgehead atoms. The van der Waals surface area contributed by atoms with Gasteiger partial charge in [0.1, 0.15) is 0 Å². The standard InChI is InChI=1S/C4H6F4.C4H7F3/c1-2-3(5)4(6,7)8;1-3(5)4(2,6)7/h3H,2H2,1H3;3H,1-2H3. The predicted molar refractivity (Wildman–Crippen MR) is 42.4 cm³/mol. The fourth-order valence-electron chi connectivity index (χ4n) is 0.231. The zero-order valence-corrected chi connectivity index (χ0v) is 8.51. The van der Waals surface area contributed by atoms with Gasteiger partial charge in [0.05, 0.1) is 0 Å². The van der Waals surface area contributed by atoms with Gasteiger partial charge in [-0.2, -0.15) is 13.2 Å². The molecule has 0 aromatic rings. The Morgan fingerprint density at radius 3 is 1.27 bits per heavy atom. The predicted octanol–water partition coefficient (Wildman–Crippen LogP) is 4.30. The van der Waals surface area contributed by atoms with Gasteiger partial charge in [-0.3, -0.25) is 0 Å². The van der Waals surface area contributed by atoms with Crippen molar-refractivity contribution in [3.63, 3.8) is 0 Å². The number of alkyl halides is 7. The fraction of sp³-hybridized carbons (Fsp3) is 1.00. The normalized spacial score (nSPS) is 16.4. The van der Waals surface area contributed by atoms with Crippen LogP contribution in [0, 0.1) is 0 Å². The second-order valence-corrected chi connectivity index (χ2v) is 2.99. The molecule has 2 atom stereocenters. The highest BCUT2D eigenvalue weighted by molar-refractivity contribution is 4.64. The van der Waals surface area contributed by atoms with Crippen LogP contribution in [0.15, 0.2) is 0 Å². The summed E-state index contributed by atoms with van der Waals surface area (Å²) in [6.07, 6.45) is -9.84. The Morgan fingerprint density at radius 2 is 1.27 bits per heavy atom. The van der Waals surface area contributed by atoms with Gasteiger partial charge in [-0.1, -0.05) is 6.92 Å². The molecule has 0 aliphatic carbocycles. The third-order valence-electron chi connectivity index (χ3n) is 1.41. The topological polar surface area (TPSA) is 0 Å². The zero-order chi connectivity index (χ0) is 12.9. The molecule has 0 aromatic heterocycles. The Hall–Kier alpha value is -0.490. The molecular weight excluding hydrogens is 229 g/mol. The van der Waals surface area contributed by atoms with Gasteiger partial charge in [0.15, 0.2) is 12.3 Å². The van der Waals surface area contributed by atoms with Crippen molar-refractivity contribution < 1.29 is 30.7 Å². The molecular formula is C8H13F7. The first-order chi connectivity index (χ1) is 6.42. The Morgan fingerprint density at radius 1 is 1.00 bits per heavy atom. The number of hydrogen-bond donors (Lipinski definition) is 0. The number of hydrogen-bond acceptors (Lipinski definition) is 0. The van der Waals surface area contributed by atoms with Crippen LogP contribution in [0.1, 0.15) is 27.2 Å². The SMILES string of the molecule is CC(F)C(C)(F)F.CCC(F)C(F)(F)F. The minimum Gasteiger partial charge on any atom is -0.241 e. The number of rotatable bonds is 2. The summed E-state index contributed by atoms with van der Waals surface area (Å²) >= 11 is 0. The molecule has 0 fully saturated rings. The Balaban J connectivity index is 0. The van der Waals surface area contributed by atoms with E-state index >= 15 is 0 Å². The molecule has 0 N–H and O–H groups in total. The Labute approximate surface area is 83.5 Å². The van der Waals surface area contributed by atoms with Crippen LogP contribution in [0.2, 0.25) is 0 Å². The summed E-state index contributed by atoms with van der Waals surface area (Å²) in [5.74, 6) is -3.17. The van der Waals surface area contributed by atoms with Crippen LogP contribution in [-0.4, -0.2) is 24.4 Å². The molecule has 2 unspecified atom stereocenters. The molecule has 0 nitrogen and oxygen atoms in total. The minimum atomic E-state index is -4.66. The van der Waals surface area contributed by atoms with Gasteiger partial charge in [0, 0.05) is 6.92 Å². The summed E-state index contributed by atoms with van der Waals surface area (Å²) in [7, 11) is 0. The van der Waals surface area contributed by atoms with Crippen LogP contribution < -0.4 is 0 Å². The quantitative estimate of drug-likeness (QED) is 0.633. The van der Waals surface area contributed by atoms with E-state index in [0.29, 0.717) is 6.92 Å². The molecule has 0 aliphatic rings. The summed E-state index contributed by atoms with van der Waals surface area (Å²) in [5, 5.41) is 0. The van der Waals surface area contributed by atoms with Crippen molar-refractivity contribution in [3.05, 3.63) is 0 Å². The van der Waals surface area contributed by atoms with Crippen LogP contribution in [0.3, 0.4) is 0 Å². The smallest absolute Gasteiger partial charge is 0.241 e. The molecule has 0 saturated carbocycles. The first-order valence-electron chi connectivity index (χ1n) is 4.15. The van der Waals surface area contributed by atoms with Gasteiger partial charge in [0.25, 0.3) is 5.92 Å². The van der Waals surface area contributed by atoms with Crippen molar-refractivity contribution in [1.82, 2.24) is 0 Å². The average Bonchev–Trinajstić information content (AvgIpc) is 2.00. The first kappa shape index (κ1) is 16.9. The van der Waals surface area contributed by atoms with Crippen molar-refractivity contribution in [2.45, 2.75) is 51.6 Å². The molecule has 0 heterocycles. The van der Waals surface area contributed by atoms with Crippen LogP contribution in [0.25, 0.3) is 0 Å². The third-order valence-corrected chi connectivity index (χ3v) is 1.41. The molecule has 94 valence electrons. The van der Waals surface area contributed by atoms with E-state index in [9.17, 15) is 30.7 Å². The van der Waals surface area contributed by atoms with E-state index in [-0.39, 0.29) is 0 Å². The lowest BCUT2D eigenvalue weighted by Gasteiger charge is -2.09. The highest BCUT2D eigenvalue weighted by Gasteiger charge is 2.38. The van der Waals surface area contributed by atoms with Crippen molar-refractivity contribution in [1.29, 1.82) is 0 Å². The zero-order valence-electron chi connectivity index (χ0n) is 8.51. The van der Waals surface area contributed by atoms with Crippen molar-refractivity contribution in [2.75, 3.05) is 0 Å². The van der Waals surface area contributed by atoms with E-state index in [0.717, 1.165) is 13.8 Å². The van der Waals surface area contributed by atoms with Crippen LogP contribution >= 0.6 is 0 Å². The average molecular weight is 242 g/mol. The maximum absolute atomic E-state index is 11.5. The van der Waals surface area contributed by atoms with Gasteiger partial charge in [-0.15, -0.1) is 0 Å². The van der Waals surface area contributed by atoms with Crippen molar-refractivity contribution >= 4 is 0 Å². The molecule has 7 heteroatoms. The molecule has 0 aromatic carbocycles. The molecule has 0 spiro atoms. The van der Waals surface area contributed by atoms with Crippen LogP contribution in [0.5, 0.6) is 0 Å². The van der Waals surface area contributed by atoms with Gasteiger partial charge in [-0.25, -0.2) is 17.6 Å². The minimum absolute atomic E-state index is 0.497. The summed E-state index contributed by atoms with van der Waals surface area (Å²) < 4.78 is 79.1. The summed E-state index contributed by atoms with van der Waals surface area (Å²) in [6, 6.07) is 0. The summed E-state index contributed by atoms with van der Waals surface area (Å²) in [6.45, 7) is 2.54. The molecule has 15 heavy (non-hydrogen) atoms. The first-order valence-corrected chi connectivity index (χ1v) is 4.15. The van der Waals surface area contributed by atoms with Crippen LogP contribution in [0.4, 0.5) is 30.7 Å². The lowest BCUT2D eigenvalue weighted by Crippen LogP contribution is -2.22. The third kappa shape index (κ3) is 9.81. The maximum atomic E-state index is 11.5. The van der Waals surface area contributed by atoms with Crippen LogP contribution in [-0.2, 0) is 0 Å². The molecule has 0 amide bonds. The van der Waals surface area contributed by atoms with Crippen molar-refractivity contribution in [3.8, 4) is 0 Å². The van der Waals surface area contributed by atoms with Gasteiger partial charge >= 0.3 is 6.18 Å². The Kier molecular flexibility index (Phi) is 6.96. The second-order valence-electron chi connectivity index (χ2n) is 2.99. The molecule has 0 saturated heterocycles. The fourth-order valence-corrected chi connectivity index (χ4v) is 0.231. The van der Waals surface area contributed by atoms with Gasteiger partial charge < -0.3 is 0 Å². The highest BCUT2D eigenvalue weighted by atomic mass is 19.4. The molecule has 0 rings (SSSR count). The number of halogens is 7. The lowest BCUT2D eigenvalue weighted by molar-refractivity contribution is -0.180. The largest absolute Gasteiger partial charge is 0.419 e. The lowest BCUT2D eigenvalue weighted by atomic mass is 10.3. The highest BCUT2D eigenvalue weighted by Crippen LogP contribution is 2.24. The summed E-state index contributed by atoms with van der Waals surface area (Å²) in [4.78, 5) is 0. The summed E-state index contributed by atoms with van der Waals surface area (Å²) in [5.41, 5.74) is 0. The maximum Gasteiger partial charge on any atom is 0.419 e. The van der Waals surface area contributed by atoms with E-state index < -0.39 is 30.9 Å². The molecule has 0 radical (unpaired) electrons. The van der Waals surface area contributed by atoms with E-state index in [1.807, 2.05) is 0 Å². The van der Waals surface area contributed by atoms with E-state index in [1.54, 1.807) is 0 Å². The van der Waals surface area contributed by atoms with Crippen molar-refractivity contribution in [2.24, 2.45) is 0 Å².